The van der Waals surface area contributed by atoms with E-state index < -0.39 is 20.0 Å². The minimum atomic E-state index is -4.60. The lowest BCUT2D eigenvalue weighted by Crippen LogP contribution is -2.66. The van der Waals surface area contributed by atoms with Gasteiger partial charge in [-0.2, -0.15) is 0 Å². The van der Waals surface area contributed by atoms with Crippen molar-refractivity contribution < 1.29 is 28.7 Å². The van der Waals surface area contributed by atoms with E-state index in [4.69, 9.17) is 9.26 Å². The van der Waals surface area contributed by atoms with Gasteiger partial charge in [-0.3, -0.25) is 9.42 Å². The first-order valence-electron chi connectivity index (χ1n) is 10.2. The summed E-state index contributed by atoms with van der Waals surface area (Å²) < 4.78 is 21.8. The molecule has 4 N–H and O–H groups in total. The van der Waals surface area contributed by atoms with E-state index in [1.165, 1.54) is 0 Å². The van der Waals surface area contributed by atoms with Crippen molar-refractivity contribution in [1.82, 2.24) is 10.2 Å². The molecule has 2 aliphatic heterocycles. The number of phosphoric ester groups is 1. The van der Waals surface area contributed by atoms with Crippen molar-refractivity contribution in [2.24, 2.45) is 5.92 Å². The molecule has 8 nitrogen and oxygen atoms in total. The van der Waals surface area contributed by atoms with Gasteiger partial charge in [-0.15, -0.1) is 0 Å². The number of aliphatic hydroxyl groups excluding tert-OH is 1. The number of likely N-dealkylation sites (N-methyl/N-ethyl adjacent to an activating group) is 1. The van der Waals surface area contributed by atoms with Gasteiger partial charge in [-0.1, -0.05) is 12.1 Å². The van der Waals surface area contributed by atoms with Crippen molar-refractivity contribution in [3.8, 4) is 5.75 Å². The molecule has 162 valence electrons. The van der Waals surface area contributed by atoms with Crippen molar-refractivity contribution in [3.63, 3.8) is 0 Å². The lowest BCUT2D eigenvalue weighted by atomic mass is 9.65. The molecule has 0 unspecified atom stereocenters. The number of nitrogens with one attached hydrogen (secondary N) is 1. The van der Waals surface area contributed by atoms with Crippen LogP contribution in [0.1, 0.15) is 31.2 Å². The number of piperidine rings is 1. The van der Waals surface area contributed by atoms with Crippen LogP contribution in [-0.4, -0.2) is 70.3 Å². The SMILES string of the molecule is CN[C@H]1CN2[C@@H](Cc3ccc(OC)cc3)[C@H](O)[C@@H]3C[C@]2(CC[C@H]3OP(=O)(O)O)C1. The highest BCUT2D eigenvalue weighted by Crippen LogP contribution is 2.54. The van der Waals surface area contributed by atoms with Crippen molar-refractivity contribution in [2.75, 3.05) is 20.7 Å². The average molecular weight is 426 g/mol. The first-order chi connectivity index (χ1) is 13.7. The summed E-state index contributed by atoms with van der Waals surface area (Å²) in [6, 6.07) is 8.08. The van der Waals surface area contributed by atoms with Crippen LogP contribution in [0.25, 0.3) is 0 Å². The van der Waals surface area contributed by atoms with Gasteiger partial charge in [0.05, 0.1) is 19.3 Å². The van der Waals surface area contributed by atoms with E-state index in [2.05, 4.69) is 10.2 Å². The van der Waals surface area contributed by atoms with Gasteiger partial charge < -0.3 is 24.9 Å². The summed E-state index contributed by atoms with van der Waals surface area (Å²) >= 11 is 0. The fourth-order valence-electron chi connectivity index (χ4n) is 5.85. The van der Waals surface area contributed by atoms with Crippen LogP contribution in [0.2, 0.25) is 0 Å². The maximum atomic E-state index is 11.5. The Kier molecular flexibility index (Phi) is 5.81. The van der Waals surface area contributed by atoms with Crippen LogP contribution in [0.3, 0.4) is 0 Å². The Bertz CT molecular complexity index is 771. The number of hydrogen-bond acceptors (Lipinski definition) is 6. The summed E-state index contributed by atoms with van der Waals surface area (Å²) in [5.41, 5.74) is 1.05. The third-order valence-electron chi connectivity index (χ3n) is 7.16. The molecule has 2 bridgehead atoms. The fourth-order valence-corrected chi connectivity index (χ4v) is 6.46. The number of nitrogens with zero attached hydrogens (tertiary/aromatic N) is 1. The topological polar surface area (TPSA) is 111 Å². The van der Waals surface area contributed by atoms with Gasteiger partial charge in [-0.05, 0) is 56.8 Å². The van der Waals surface area contributed by atoms with Gasteiger partial charge in [-0.25, -0.2) is 4.57 Å². The molecule has 0 aromatic heterocycles. The summed E-state index contributed by atoms with van der Waals surface area (Å²) in [5.74, 6) is 0.504. The maximum absolute atomic E-state index is 11.5. The highest BCUT2D eigenvalue weighted by Gasteiger charge is 2.59. The third kappa shape index (κ3) is 4.12. The van der Waals surface area contributed by atoms with E-state index in [0.29, 0.717) is 25.3 Å². The summed E-state index contributed by atoms with van der Waals surface area (Å²) in [7, 11) is -1.00. The van der Waals surface area contributed by atoms with Crippen molar-refractivity contribution in [1.29, 1.82) is 0 Å². The Balaban J connectivity index is 1.62. The zero-order valence-corrected chi connectivity index (χ0v) is 17.8. The Morgan fingerprint density at radius 3 is 2.62 bits per heavy atom. The van der Waals surface area contributed by atoms with Gasteiger partial charge in [0, 0.05) is 30.1 Å². The first kappa shape index (κ1) is 21.2. The Morgan fingerprint density at radius 1 is 1.28 bits per heavy atom. The number of methoxy groups -OCH3 is 1. The summed E-state index contributed by atoms with van der Waals surface area (Å²) in [6.07, 6.45) is 2.39. The maximum Gasteiger partial charge on any atom is 0.469 e. The van der Waals surface area contributed by atoms with Crippen molar-refractivity contribution >= 4 is 7.82 Å². The normalized spacial score (nSPS) is 37.3. The standard InChI is InChI=1S/C20H31N2O6P/c1-21-14-10-20-8-7-18(28-29(24,25)26)16(11-20)19(23)17(22(20)12-14)9-13-3-5-15(27-2)6-4-13/h3-6,14,16-19,21,23H,7-12H2,1-2H3,(H2,24,25,26)/t14-,16-,17+,18-,19-,20+/m1/s1. The van der Waals surface area contributed by atoms with Crippen LogP contribution in [-0.2, 0) is 15.5 Å². The Morgan fingerprint density at radius 2 is 2.00 bits per heavy atom. The molecule has 3 fully saturated rings. The van der Waals surface area contributed by atoms with Crippen LogP contribution < -0.4 is 10.1 Å². The minimum absolute atomic E-state index is 0.0521. The lowest BCUT2D eigenvalue weighted by molar-refractivity contribution is -0.144. The summed E-state index contributed by atoms with van der Waals surface area (Å²) in [4.78, 5) is 21.1. The molecule has 1 aromatic rings. The van der Waals surface area contributed by atoms with E-state index in [0.717, 1.165) is 30.7 Å². The van der Waals surface area contributed by atoms with Crippen LogP contribution in [0.5, 0.6) is 5.75 Å². The molecule has 1 aromatic carbocycles. The van der Waals surface area contributed by atoms with E-state index in [1.807, 2.05) is 31.3 Å². The molecule has 1 aliphatic carbocycles. The number of fused-ring (bicyclic) bond motifs is 1. The van der Waals surface area contributed by atoms with Crippen LogP contribution >= 0.6 is 7.82 Å². The van der Waals surface area contributed by atoms with Gasteiger partial charge in [0.25, 0.3) is 0 Å². The number of rotatable bonds is 6. The zero-order chi connectivity index (χ0) is 20.8. The number of phosphoric acid groups is 1. The number of benzene rings is 1. The monoisotopic (exact) mass is 426 g/mol. The van der Waals surface area contributed by atoms with Crippen LogP contribution in [0, 0.1) is 5.92 Å². The zero-order valence-electron chi connectivity index (χ0n) is 16.9. The molecular formula is C20H31N2O6P. The van der Waals surface area contributed by atoms with Crippen molar-refractivity contribution in [2.45, 2.75) is 61.9 Å². The van der Waals surface area contributed by atoms with Gasteiger partial charge in [0.2, 0.25) is 0 Å². The Hall–Kier alpha value is -0.990. The lowest BCUT2D eigenvalue weighted by Gasteiger charge is -2.57. The fraction of sp³-hybridized carbons (Fsp3) is 0.700. The number of ether oxygens (including phenoxy) is 1. The van der Waals surface area contributed by atoms with Gasteiger partial charge in [0.15, 0.2) is 0 Å². The van der Waals surface area contributed by atoms with E-state index in [-0.39, 0.29) is 17.5 Å². The highest BCUT2D eigenvalue weighted by molar-refractivity contribution is 7.46. The quantitative estimate of drug-likeness (QED) is 0.504. The van der Waals surface area contributed by atoms with E-state index in [1.54, 1.807) is 7.11 Å². The largest absolute Gasteiger partial charge is 0.497 e. The summed E-state index contributed by atoms with van der Waals surface area (Å²) in [6.45, 7) is 0.866. The number of aliphatic hydroxyl groups is 1. The number of hydrogen-bond donors (Lipinski definition) is 4. The second-order valence-corrected chi connectivity index (χ2v) is 9.91. The van der Waals surface area contributed by atoms with Gasteiger partial charge in [0.1, 0.15) is 5.75 Å². The molecule has 2 heterocycles. The predicted octanol–water partition coefficient (Wildman–Crippen LogP) is 1.29. The minimum Gasteiger partial charge on any atom is -0.497 e. The second-order valence-electron chi connectivity index (χ2n) is 8.72. The molecule has 6 atom stereocenters. The van der Waals surface area contributed by atoms with Crippen LogP contribution in [0.4, 0.5) is 0 Å². The molecule has 2 saturated heterocycles. The average Bonchev–Trinajstić information content (AvgIpc) is 3.05. The molecule has 29 heavy (non-hydrogen) atoms. The molecule has 1 saturated carbocycles. The molecule has 4 rings (SSSR count). The highest BCUT2D eigenvalue weighted by atomic mass is 31.2. The first-order valence-corrected chi connectivity index (χ1v) is 11.8. The summed E-state index contributed by atoms with van der Waals surface area (Å²) in [5, 5.41) is 14.7. The smallest absolute Gasteiger partial charge is 0.469 e. The van der Waals surface area contributed by atoms with Crippen LogP contribution in [0.15, 0.2) is 24.3 Å². The van der Waals surface area contributed by atoms with Crippen molar-refractivity contribution in [3.05, 3.63) is 29.8 Å². The molecule has 0 amide bonds. The molecule has 3 aliphatic rings. The van der Waals surface area contributed by atoms with E-state index >= 15 is 0 Å². The second kappa shape index (κ2) is 7.93. The third-order valence-corrected chi connectivity index (χ3v) is 7.70. The van der Waals surface area contributed by atoms with Gasteiger partial charge >= 0.3 is 7.82 Å². The molecule has 1 spiro atoms. The predicted molar refractivity (Wildman–Crippen MR) is 108 cm³/mol. The Labute approximate surface area is 171 Å². The van der Waals surface area contributed by atoms with E-state index in [9.17, 15) is 19.5 Å². The molecular weight excluding hydrogens is 395 g/mol. The molecule has 0 radical (unpaired) electrons. The molecule has 9 heteroatoms.